The molecule has 4 heteroatoms. The molecule has 0 bridgehead atoms. The van der Waals surface area contributed by atoms with Crippen molar-refractivity contribution in [3.8, 4) is 5.69 Å². The maximum absolute atomic E-state index is 5.97. The van der Waals surface area contributed by atoms with Gasteiger partial charge in [0, 0.05) is 12.4 Å². The zero-order chi connectivity index (χ0) is 10.7. The fraction of sp³-hybridized carbons (Fsp3) is 0.273. The van der Waals surface area contributed by atoms with E-state index in [4.69, 9.17) is 11.6 Å². The van der Waals surface area contributed by atoms with Crippen LogP contribution in [0.15, 0.2) is 30.6 Å². The first-order valence-electron chi connectivity index (χ1n) is 4.96. The fourth-order valence-electron chi connectivity index (χ4n) is 1.43. The largest absolute Gasteiger partial charge is 0.242 e. The zero-order valence-electron chi connectivity index (χ0n) is 8.52. The Bertz CT molecular complexity index is 451. The third kappa shape index (κ3) is 2.18. The summed E-state index contributed by atoms with van der Waals surface area (Å²) in [4.78, 5) is 4.02. The quantitative estimate of drug-likeness (QED) is 0.747. The zero-order valence-corrected chi connectivity index (χ0v) is 9.28. The number of nitrogens with zero attached hydrogens (tertiary/aromatic N) is 3. The number of rotatable bonds is 3. The standard InChI is InChI=1S/C11H12ClN3/c1-2-4-9-6-8-15(14-9)10-5-3-7-13-11(10)12/h3,5-8H,2,4H2,1H3. The van der Waals surface area contributed by atoms with Crippen LogP contribution in [0.4, 0.5) is 0 Å². The molecule has 3 nitrogen and oxygen atoms in total. The average Bonchev–Trinajstić information content (AvgIpc) is 2.68. The molecule has 0 aliphatic carbocycles. The van der Waals surface area contributed by atoms with E-state index in [0.717, 1.165) is 24.2 Å². The normalized spacial score (nSPS) is 10.5. The summed E-state index contributed by atoms with van der Waals surface area (Å²) in [5.74, 6) is 0. The molecule has 0 spiro atoms. The van der Waals surface area contributed by atoms with Crippen molar-refractivity contribution >= 4 is 11.6 Å². The molecule has 0 saturated heterocycles. The maximum Gasteiger partial charge on any atom is 0.154 e. The van der Waals surface area contributed by atoms with Crippen LogP contribution < -0.4 is 0 Å². The van der Waals surface area contributed by atoms with Gasteiger partial charge in [-0.15, -0.1) is 0 Å². The summed E-state index contributed by atoms with van der Waals surface area (Å²) in [5, 5.41) is 4.90. The van der Waals surface area contributed by atoms with Gasteiger partial charge < -0.3 is 0 Å². The molecule has 0 fully saturated rings. The molecule has 2 heterocycles. The lowest BCUT2D eigenvalue weighted by molar-refractivity contribution is 0.804. The summed E-state index contributed by atoms with van der Waals surface area (Å²) in [6.07, 6.45) is 5.67. The van der Waals surface area contributed by atoms with Gasteiger partial charge in [0.2, 0.25) is 0 Å². The lowest BCUT2D eigenvalue weighted by Crippen LogP contribution is -1.97. The molecule has 0 radical (unpaired) electrons. The van der Waals surface area contributed by atoms with E-state index in [1.54, 1.807) is 10.9 Å². The minimum Gasteiger partial charge on any atom is -0.242 e. The highest BCUT2D eigenvalue weighted by molar-refractivity contribution is 6.31. The first-order valence-corrected chi connectivity index (χ1v) is 5.34. The number of pyridine rings is 1. The van der Waals surface area contributed by atoms with Gasteiger partial charge in [-0.2, -0.15) is 5.10 Å². The first kappa shape index (κ1) is 10.2. The highest BCUT2D eigenvalue weighted by Crippen LogP contribution is 2.16. The van der Waals surface area contributed by atoms with Crippen LogP contribution in [0.2, 0.25) is 5.15 Å². The second-order valence-electron chi connectivity index (χ2n) is 3.31. The highest BCUT2D eigenvalue weighted by Gasteiger charge is 2.04. The Morgan fingerprint density at radius 1 is 1.40 bits per heavy atom. The molecular weight excluding hydrogens is 210 g/mol. The monoisotopic (exact) mass is 221 g/mol. The molecule has 15 heavy (non-hydrogen) atoms. The Balaban J connectivity index is 2.33. The summed E-state index contributed by atoms with van der Waals surface area (Å²) < 4.78 is 1.76. The van der Waals surface area contributed by atoms with Gasteiger partial charge >= 0.3 is 0 Å². The Labute approximate surface area is 93.7 Å². The summed E-state index contributed by atoms with van der Waals surface area (Å²) in [7, 11) is 0. The van der Waals surface area contributed by atoms with E-state index >= 15 is 0 Å². The van der Waals surface area contributed by atoms with Gasteiger partial charge in [0.15, 0.2) is 5.15 Å². The van der Waals surface area contributed by atoms with Crippen molar-refractivity contribution in [3.05, 3.63) is 41.4 Å². The highest BCUT2D eigenvalue weighted by atomic mass is 35.5. The lowest BCUT2D eigenvalue weighted by atomic mass is 10.3. The third-order valence-electron chi connectivity index (χ3n) is 2.14. The Morgan fingerprint density at radius 3 is 3.00 bits per heavy atom. The van der Waals surface area contributed by atoms with Crippen molar-refractivity contribution in [1.82, 2.24) is 14.8 Å². The van der Waals surface area contributed by atoms with Crippen LogP contribution in [0.3, 0.4) is 0 Å². The second kappa shape index (κ2) is 4.45. The number of hydrogen-bond acceptors (Lipinski definition) is 2. The van der Waals surface area contributed by atoms with E-state index in [9.17, 15) is 0 Å². The Morgan fingerprint density at radius 2 is 2.27 bits per heavy atom. The van der Waals surface area contributed by atoms with E-state index in [0.29, 0.717) is 5.15 Å². The molecule has 0 amide bonds. The topological polar surface area (TPSA) is 30.7 Å². The van der Waals surface area contributed by atoms with Gasteiger partial charge in [-0.1, -0.05) is 24.9 Å². The number of halogens is 1. The number of aryl methyl sites for hydroxylation is 1. The summed E-state index contributed by atoms with van der Waals surface area (Å²) in [6, 6.07) is 5.76. The van der Waals surface area contributed by atoms with Crippen LogP contribution in [0.5, 0.6) is 0 Å². The summed E-state index contributed by atoms with van der Waals surface area (Å²) in [5.41, 5.74) is 1.90. The lowest BCUT2D eigenvalue weighted by Gasteiger charge is -2.01. The van der Waals surface area contributed by atoms with Crippen LogP contribution in [-0.4, -0.2) is 14.8 Å². The molecule has 0 aliphatic heterocycles. The van der Waals surface area contributed by atoms with Crippen LogP contribution in [0.1, 0.15) is 19.0 Å². The minimum absolute atomic E-state index is 0.476. The van der Waals surface area contributed by atoms with E-state index < -0.39 is 0 Å². The van der Waals surface area contributed by atoms with Crippen LogP contribution >= 0.6 is 11.6 Å². The van der Waals surface area contributed by atoms with Crippen molar-refractivity contribution < 1.29 is 0 Å². The molecule has 0 aromatic carbocycles. The molecule has 2 aromatic rings. The van der Waals surface area contributed by atoms with Crippen molar-refractivity contribution in [3.63, 3.8) is 0 Å². The number of aromatic nitrogens is 3. The van der Waals surface area contributed by atoms with Gasteiger partial charge in [0.05, 0.1) is 5.69 Å². The molecule has 0 saturated carbocycles. The maximum atomic E-state index is 5.97. The second-order valence-corrected chi connectivity index (χ2v) is 3.67. The van der Waals surface area contributed by atoms with Gasteiger partial charge in [-0.25, -0.2) is 9.67 Å². The predicted molar refractivity (Wildman–Crippen MR) is 60.4 cm³/mol. The van der Waals surface area contributed by atoms with Gasteiger partial charge in [0.1, 0.15) is 5.69 Å². The first-order chi connectivity index (χ1) is 7.31. The Hall–Kier alpha value is -1.35. The summed E-state index contributed by atoms with van der Waals surface area (Å²) >= 11 is 5.97. The van der Waals surface area contributed by atoms with Gasteiger partial charge in [0.25, 0.3) is 0 Å². The van der Waals surface area contributed by atoms with Crippen molar-refractivity contribution in [2.24, 2.45) is 0 Å². The predicted octanol–water partition coefficient (Wildman–Crippen LogP) is 2.87. The van der Waals surface area contributed by atoms with E-state index in [1.807, 2.05) is 24.4 Å². The molecule has 0 N–H and O–H groups in total. The van der Waals surface area contributed by atoms with E-state index in [-0.39, 0.29) is 0 Å². The van der Waals surface area contributed by atoms with Crippen molar-refractivity contribution in [2.45, 2.75) is 19.8 Å². The summed E-state index contributed by atoms with van der Waals surface area (Å²) in [6.45, 7) is 2.13. The van der Waals surface area contributed by atoms with E-state index in [2.05, 4.69) is 17.0 Å². The number of hydrogen-bond donors (Lipinski definition) is 0. The molecule has 0 atom stereocenters. The van der Waals surface area contributed by atoms with Crippen LogP contribution in [0.25, 0.3) is 5.69 Å². The molecule has 0 aliphatic rings. The molecule has 78 valence electrons. The smallest absolute Gasteiger partial charge is 0.154 e. The van der Waals surface area contributed by atoms with Crippen LogP contribution in [0, 0.1) is 0 Å². The Kier molecular flexibility index (Phi) is 3.02. The van der Waals surface area contributed by atoms with Crippen molar-refractivity contribution in [2.75, 3.05) is 0 Å². The van der Waals surface area contributed by atoms with Gasteiger partial charge in [-0.3, -0.25) is 0 Å². The molecular formula is C11H12ClN3. The molecule has 0 unspecified atom stereocenters. The fourth-order valence-corrected chi connectivity index (χ4v) is 1.64. The van der Waals surface area contributed by atoms with Gasteiger partial charge in [-0.05, 0) is 24.6 Å². The molecule has 2 aromatic heterocycles. The van der Waals surface area contributed by atoms with Crippen molar-refractivity contribution in [1.29, 1.82) is 0 Å². The van der Waals surface area contributed by atoms with Crippen LogP contribution in [-0.2, 0) is 6.42 Å². The third-order valence-corrected chi connectivity index (χ3v) is 2.43. The molecule has 2 rings (SSSR count). The minimum atomic E-state index is 0.476. The SMILES string of the molecule is CCCc1ccn(-c2cccnc2Cl)n1. The van der Waals surface area contributed by atoms with E-state index in [1.165, 1.54) is 0 Å². The average molecular weight is 222 g/mol.